The van der Waals surface area contributed by atoms with Gasteiger partial charge in [-0.05, 0) is 12.1 Å². The molecule has 0 saturated heterocycles. The van der Waals surface area contributed by atoms with Crippen molar-refractivity contribution in [1.29, 1.82) is 0 Å². The van der Waals surface area contributed by atoms with Crippen molar-refractivity contribution in [2.75, 3.05) is 5.73 Å². The van der Waals surface area contributed by atoms with Crippen molar-refractivity contribution in [1.82, 2.24) is 4.98 Å². The number of nitrogens with zero attached hydrogens (tertiary/aromatic N) is 1. The van der Waals surface area contributed by atoms with E-state index in [4.69, 9.17) is 10.5 Å². The second-order valence-corrected chi connectivity index (χ2v) is 3.47. The maximum atomic E-state index is 11.5. The van der Waals surface area contributed by atoms with E-state index >= 15 is 0 Å². The quantitative estimate of drug-likeness (QED) is 0.654. The Balaban J connectivity index is 2.51. The number of benzene rings is 1. The van der Waals surface area contributed by atoms with Crippen molar-refractivity contribution in [3.8, 4) is 0 Å². The predicted molar refractivity (Wildman–Crippen MR) is 55.3 cm³/mol. The van der Waals surface area contributed by atoms with E-state index in [9.17, 15) is 4.79 Å². The molecule has 0 radical (unpaired) electrons. The van der Waals surface area contributed by atoms with E-state index < -0.39 is 0 Å². The number of nitrogen functional groups attached to an aromatic ring is 1. The zero-order chi connectivity index (χ0) is 10.4. The zero-order valence-electron chi connectivity index (χ0n) is 7.86. The van der Waals surface area contributed by atoms with Gasteiger partial charge in [-0.1, -0.05) is 6.07 Å². The van der Waals surface area contributed by atoms with E-state index in [1.165, 1.54) is 0 Å². The molecule has 0 saturated carbocycles. The van der Waals surface area contributed by atoms with Crippen LogP contribution in [-0.2, 0) is 11.3 Å². The highest BCUT2D eigenvalue weighted by Crippen LogP contribution is 2.30. The molecular weight excluding hydrogens is 192 g/mol. The summed E-state index contributed by atoms with van der Waals surface area (Å²) in [6, 6.07) is 5.40. The van der Waals surface area contributed by atoms with Crippen LogP contribution in [0.4, 0.5) is 5.69 Å². The van der Waals surface area contributed by atoms with Crippen LogP contribution in [0.25, 0.3) is 10.9 Å². The molecule has 2 N–H and O–H groups in total. The van der Waals surface area contributed by atoms with Gasteiger partial charge >= 0.3 is 5.97 Å². The SMILES string of the molecule is Nc1ccnc2ccc3c(c12)C(=O)OC3. The van der Waals surface area contributed by atoms with Crippen LogP contribution in [0.5, 0.6) is 0 Å². The maximum Gasteiger partial charge on any atom is 0.339 e. The number of carbonyl (C=O) groups is 1. The van der Waals surface area contributed by atoms with E-state index in [0.717, 1.165) is 11.1 Å². The second-order valence-electron chi connectivity index (χ2n) is 3.47. The van der Waals surface area contributed by atoms with Crippen LogP contribution < -0.4 is 5.73 Å². The highest BCUT2D eigenvalue weighted by molar-refractivity contribution is 6.10. The first kappa shape index (κ1) is 8.23. The highest BCUT2D eigenvalue weighted by atomic mass is 16.5. The largest absolute Gasteiger partial charge is 0.457 e. The fraction of sp³-hybridized carbons (Fsp3) is 0.0909. The minimum Gasteiger partial charge on any atom is -0.457 e. The minimum atomic E-state index is -0.310. The van der Waals surface area contributed by atoms with Crippen LogP contribution in [0.3, 0.4) is 0 Å². The summed E-state index contributed by atoms with van der Waals surface area (Å²) >= 11 is 0. The molecule has 2 heterocycles. The molecule has 0 unspecified atom stereocenters. The summed E-state index contributed by atoms with van der Waals surface area (Å²) in [5.74, 6) is -0.310. The van der Waals surface area contributed by atoms with Gasteiger partial charge in [0.15, 0.2) is 0 Å². The average molecular weight is 200 g/mol. The number of carbonyl (C=O) groups excluding carboxylic acids is 1. The third-order valence-corrected chi connectivity index (χ3v) is 2.59. The summed E-state index contributed by atoms with van der Waals surface area (Å²) in [4.78, 5) is 15.7. The predicted octanol–water partition coefficient (Wildman–Crippen LogP) is 1.49. The van der Waals surface area contributed by atoms with Crippen molar-refractivity contribution in [3.63, 3.8) is 0 Å². The van der Waals surface area contributed by atoms with E-state index in [0.29, 0.717) is 23.2 Å². The van der Waals surface area contributed by atoms with Gasteiger partial charge in [-0.3, -0.25) is 4.98 Å². The monoisotopic (exact) mass is 200 g/mol. The van der Waals surface area contributed by atoms with Crippen molar-refractivity contribution >= 4 is 22.6 Å². The van der Waals surface area contributed by atoms with Crippen molar-refractivity contribution in [3.05, 3.63) is 35.5 Å². The number of hydrogen-bond donors (Lipinski definition) is 1. The topological polar surface area (TPSA) is 65.2 Å². The second kappa shape index (κ2) is 2.70. The Kier molecular flexibility index (Phi) is 1.48. The van der Waals surface area contributed by atoms with Gasteiger partial charge in [-0.15, -0.1) is 0 Å². The molecule has 2 aromatic rings. The van der Waals surface area contributed by atoms with E-state index in [2.05, 4.69) is 4.98 Å². The molecule has 3 rings (SSSR count). The van der Waals surface area contributed by atoms with Crippen LogP contribution in [0.15, 0.2) is 24.4 Å². The number of esters is 1. The van der Waals surface area contributed by atoms with Gasteiger partial charge in [-0.2, -0.15) is 0 Å². The van der Waals surface area contributed by atoms with Crippen molar-refractivity contribution in [2.45, 2.75) is 6.61 Å². The Morgan fingerprint density at radius 1 is 1.33 bits per heavy atom. The Morgan fingerprint density at radius 2 is 2.20 bits per heavy atom. The number of pyridine rings is 1. The van der Waals surface area contributed by atoms with Gasteiger partial charge in [0.25, 0.3) is 0 Å². The lowest BCUT2D eigenvalue weighted by Gasteiger charge is -2.03. The van der Waals surface area contributed by atoms with Gasteiger partial charge in [-0.25, -0.2) is 4.79 Å². The first-order chi connectivity index (χ1) is 7.27. The molecule has 0 amide bonds. The molecular formula is C11H8N2O2. The molecule has 1 aromatic heterocycles. The lowest BCUT2D eigenvalue weighted by Crippen LogP contribution is -1.99. The van der Waals surface area contributed by atoms with Crippen molar-refractivity contribution in [2.24, 2.45) is 0 Å². The van der Waals surface area contributed by atoms with Crippen LogP contribution in [0, 0.1) is 0 Å². The van der Waals surface area contributed by atoms with Crippen LogP contribution >= 0.6 is 0 Å². The summed E-state index contributed by atoms with van der Waals surface area (Å²) in [6.07, 6.45) is 1.63. The van der Waals surface area contributed by atoms with E-state index in [-0.39, 0.29) is 5.97 Å². The van der Waals surface area contributed by atoms with Gasteiger partial charge in [0, 0.05) is 22.8 Å². The molecule has 1 aliphatic rings. The van der Waals surface area contributed by atoms with Gasteiger partial charge in [0.2, 0.25) is 0 Å². The minimum absolute atomic E-state index is 0.310. The fourth-order valence-electron chi connectivity index (χ4n) is 1.88. The molecule has 0 atom stereocenters. The number of ether oxygens (including phenoxy) is 1. The Hall–Kier alpha value is -2.10. The molecule has 0 bridgehead atoms. The smallest absolute Gasteiger partial charge is 0.339 e. The average Bonchev–Trinajstić information content (AvgIpc) is 2.61. The summed E-state index contributed by atoms with van der Waals surface area (Å²) in [5, 5.41) is 0.706. The normalized spacial score (nSPS) is 14.0. The molecule has 1 aromatic carbocycles. The lowest BCUT2D eigenvalue weighted by atomic mass is 10.0. The molecule has 4 heteroatoms. The lowest BCUT2D eigenvalue weighted by molar-refractivity contribution is 0.0536. The van der Waals surface area contributed by atoms with Crippen LogP contribution in [0.2, 0.25) is 0 Å². The Morgan fingerprint density at radius 3 is 3.07 bits per heavy atom. The summed E-state index contributed by atoms with van der Waals surface area (Å²) in [6.45, 7) is 0.332. The van der Waals surface area contributed by atoms with Gasteiger partial charge < -0.3 is 10.5 Å². The number of hydrogen-bond acceptors (Lipinski definition) is 4. The fourth-order valence-corrected chi connectivity index (χ4v) is 1.88. The summed E-state index contributed by atoms with van der Waals surface area (Å²) in [5.41, 5.74) is 8.59. The molecule has 74 valence electrons. The van der Waals surface area contributed by atoms with Gasteiger partial charge in [0.1, 0.15) is 6.61 Å². The molecule has 4 nitrogen and oxygen atoms in total. The number of rotatable bonds is 0. The van der Waals surface area contributed by atoms with Crippen LogP contribution in [0.1, 0.15) is 15.9 Å². The molecule has 1 aliphatic heterocycles. The number of aromatic nitrogens is 1. The zero-order valence-corrected chi connectivity index (χ0v) is 7.86. The molecule has 0 spiro atoms. The van der Waals surface area contributed by atoms with Crippen molar-refractivity contribution < 1.29 is 9.53 Å². The Bertz CT molecular complexity index is 578. The number of fused-ring (bicyclic) bond motifs is 3. The third kappa shape index (κ3) is 1.01. The first-order valence-electron chi connectivity index (χ1n) is 4.60. The number of cyclic esters (lactones) is 1. The highest BCUT2D eigenvalue weighted by Gasteiger charge is 2.24. The third-order valence-electron chi connectivity index (χ3n) is 2.59. The molecule has 15 heavy (non-hydrogen) atoms. The molecule has 0 fully saturated rings. The number of anilines is 1. The van der Waals surface area contributed by atoms with E-state index in [1.54, 1.807) is 12.3 Å². The summed E-state index contributed by atoms with van der Waals surface area (Å²) < 4.78 is 4.96. The number of nitrogens with two attached hydrogens (primary N) is 1. The maximum absolute atomic E-state index is 11.5. The van der Waals surface area contributed by atoms with Gasteiger partial charge in [0.05, 0.1) is 11.1 Å². The first-order valence-corrected chi connectivity index (χ1v) is 4.60. The Labute approximate surface area is 85.7 Å². The summed E-state index contributed by atoms with van der Waals surface area (Å²) in [7, 11) is 0. The van der Waals surface area contributed by atoms with E-state index in [1.807, 2.05) is 12.1 Å². The standard InChI is InChI=1S/C11H8N2O2/c12-7-3-4-13-8-2-1-6-5-15-11(14)9(6)10(7)8/h1-4H,5H2,(H2,12,13). The molecule has 0 aliphatic carbocycles. The van der Waals surface area contributed by atoms with Crippen LogP contribution in [-0.4, -0.2) is 11.0 Å².